The summed E-state index contributed by atoms with van der Waals surface area (Å²) in [6, 6.07) is 1.96. The van der Waals surface area contributed by atoms with E-state index in [2.05, 4.69) is 9.97 Å². The Morgan fingerprint density at radius 3 is 3.06 bits per heavy atom. The summed E-state index contributed by atoms with van der Waals surface area (Å²) in [5.74, 6) is -0.798. The highest BCUT2D eigenvalue weighted by molar-refractivity contribution is 5.68. The van der Waals surface area contributed by atoms with Gasteiger partial charge >= 0.3 is 5.97 Å². The van der Waals surface area contributed by atoms with E-state index < -0.39 is 5.97 Å². The van der Waals surface area contributed by atoms with E-state index in [-0.39, 0.29) is 6.42 Å². The van der Waals surface area contributed by atoms with Crippen molar-refractivity contribution < 1.29 is 9.90 Å². The number of carbonyl (C=O) groups is 1. The van der Waals surface area contributed by atoms with Gasteiger partial charge in [-0.1, -0.05) is 0 Å². The number of aryl methyl sites for hydroxylation is 2. The Labute approximate surface area is 92.8 Å². The smallest absolute Gasteiger partial charge is 0.303 e. The number of H-pyrrole nitrogens is 1. The zero-order chi connectivity index (χ0) is 11.5. The molecule has 84 valence electrons. The summed E-state index contributed by atoms with van der Waals surface area (Å²) in [6.07, 6.45) is 6.08. The molecule has 0 saturated heterocycles. The van der Waals surface area contributed by atoms with Crippen LogP contribution in [0.3, 0.4) is 0 Å². The van der Waals surface area contributed by atoms with E-state index in [0.717, 1.165) is 17.0 Å². The largest absolute Gasteiger partial charge is 0.481 e. The fourth-order valence-electron chi connectivity index (χ4n) is 1.64. The Hall–Kier alpha value is -2.04. The van der Waals surface area contributed by atoms with Gasteiger partial charge in [0.05, 0.1) is 18.4 Å². The third-order valence-corrected chi connectivity index (χ3v) is 2.41. The summed E-state index contributed by atoms with van der Waals surface area (Å²) in [6.45, 7) is 0. The Bertz CT molecular complexity index is 499. The molecular formula is C11H13N3O2. The maximum absolute atomic E-state index is 10.5. The third kappa shape index (κ3) is 2.13. The standard InChI is InChI=1S/C11H13N3O2/c1-14-5-4-8(6-14)11-9(12-7-13-11)2-3-10(15)16/h4-7H,2-3H2,1H3,(H,12,13)(H,15,16). The van der Waals surface area contributed by atoms with E-state index in [1.54, 1.807) is 6.33 Å². The van der Waals surface area contributed by atoms with Crippen LogP contribution in [0, 0.1) is 0 Å². The molecule has 2 heterocycles. The van der Waals surface area contributed by atoms with Crippen molar-refractivity contribution in [2.45, 2.75) is 12.8 Å². The Morgan fingerprint density at radius 2 is 2.44 bits per heavy atom. The van der Waals surface area contributed by atoms with Gasteiger partial charge in [-0.25, -0.2) is 4.98 Å². The minimum atomic E-state index is -0.798. The zero-order valence-corrected chi connectivity index (χ0v) is 8.97. The summed E-state index contributed by atoms with van der Waals surface area (Å²) in [7, 11) is 1.94. The van der Waals surface area contributed by atoms with E-state index in [1.807, 2.05) is 30.1 Å². The number of carboxylic acid groups (broad SMARTS) is 1. The van der Waals surface area contributed by atoms with Gasteiger partial charge in [0.15, 0.2) is 0 Å². The van der Waals surface area contributed by atoms with Gasteiger partial charge in [0, 0.05) is 37.1 Å². The quantitative estimate of drug-likeness (QED) is 0.817. The molecule has 5 nitrogen and oxygen atoms in total. The van der Waals surface area contributed by atoms with Crippen LogP contribution in [0.2, 0.25) is 0 Å². The van der Waals surface area contributed by atoms with Crippen molar-refractivity contribution in [3.63, 3.8) is 0 Å². The molecule has 0 unspecified atom stereocenters. The second-order valence-corrected chi connectivity index (χ2v) is 3.69. The zero-order valence-electron chi connectivity index (χ0n) is 8.97. The van der Waals surface area contributed by atoms with Crippen LogP contribution in [-0.4, -0.2) is 25.6 Å². The summed E-state index contributed by atoms with van der Waals surface area (Å²) >= 11 is 0. The van der Waals surface area contributed by atoms with Crippen LogP contribution in [0.1, 0.15) is 12.1 Å². The average molecular weight is 219 g/mol. The number of carboxylic acids is 1. The highest BCUT2D eigenvalue weighted by Gasteiger charge is 2.10. The number of nitrogens with zero attached hydrogens (tertiary/aromatic N) is 2. The van der Waals surface area contributed by atoms with Crippen LogP contribution < -0.4 is 0 Å². The van der Waals surface area contributed by atoms with Crippen LogP contribution in [-0.2, 0) is 18.3 Å². The molecule has 2 N–H and O–H groups in total. The maximum Gasteiger partial charge on any atom is 0.303 e. The van der Waals surface area contributed by atoms with Crippen LogP contribution in [0.5, 0.6) is 0 Å². The fraction of sp³-hybridized carbons (Fsp3) is 0.273. The summed E-state index contributed by atoms with van der Waals surface area (Å²) in [5.41, 5.74) is 2.71. The minimum absolute atomic E-state index is 0.113. The Kier molecular flexibility index (Phi) is 2.76. The first-order valence-electron chi connectivity index (χ1n) is 5.03. The predicted octanol–water partition coefficient (Wildman–Crippen LogP) is 1.43. The van der Waals surface area contributed by atoms with Crippen molar-refractivity contribution in [3.8, 4) is 11.3 Å². The van der Waals surface area contributed by atoms with E-state index in [9.17, 15) is 4.79 Å². The molecule has 0 spiro atoms. The number of aliphatic carboxylic acids is 1. The molecule has 2 rings (SSSR count). The molecule has 0 fully saturated rings. The van der Waals surface area contributed by atoms with Crippen molar-refractivity contribution in [1.82, 2.24) is 14.5 Å². The topological polar surface area (TPSA) is 70.9 Å². The number of hydrogen-bond acceptors (Lipinski definition) is 2. The lowest BCUT2D eigenvalue weighted by Gasteiger charge is -1.98. The number of imidazole rings is 1. The van der Waals surface area contributed by atoms with Crippen molar-refractivity contribution in [3.05, 3.63) is 30.5 Å². The van der Waals surface area contributed by atoms with Crippen molar-refractivity contribution in [2.75, 3.05) is 0 Å². The second kappa shape index (κ2) is 4.22. The maximum atomic E-state index is 10.5. The predicted molar refractivity (Wildman–Crippen MR) is 59.0 cm³/mol. The first-order valence-corrected chi connectivity index (χ1v) is 5.03. The first kappa shape index (κ1) is 10.5. The average Bonchev–Trinajstić information content (AvgIpc) is 2.82. The summed E-state index contributed by atoms with van der Waals surface area (Å²) in [5, 5.41) is 8.64. The second-order valence-electron chi connectivity index (χ2n) is 3.69. The van der Waals surface area contributed by atoms with Crippen LogP contribution in [0.15, 0.2) is 24.8 Å². The molecule has 16 heavy (non-hydrogen) atoms. The molecule has 0 atom stereocenters. The van der Waals surface area contributed by atoms with Crippen LogP contribution in [0.25, 0.3) is 11.3 Å². The molecule has 0 saturated carbocycles. The van der Waals surface area contributed by atoms with Crippen molar-refractivity contribution in [2.24, 2.45) is 7.05 Å². The SMILES string of the molecule is Cn1ccc(-c2nc[nH]c2CCC(=O)O)c1. The van der Waals surface area contributed by atoms with Gasteiger partial charge in [0.1, 0.15) is 0 Å². The van der Waals surface area contributed by atoms with Gasteiger partial charge in [0.25, 0.3) is 0 Å². The van der Waals surface area contributed by atoms with Gasteiger partial charge < -0.3 is 14.7 Å². The molecule has 0 aliphatic carbocycles. The van der Waals surface area contributed by atoms with Gasteiger partial charge in [0.2, 0.25) is 0 Å². The lowest BCUT2D eigenvalue weighted by molar-refractivity contribution is -0.136. The van der Waals surface area contributed by atoms with Crippen molar-refractivity contribution >= 4 is 5.97 Å². The summed E-state index contributed by atoms with van der Waals surface area (Å²) in [4.78, 5) is 17.7. The van der Waals surface area contributed by atoms with Crippen LogP contribution in [0.4, 0.5) is 0 Å². The molecule has 0 bridgehead atoms. The first-order chi connectivity index (χ1) is 7.66. The molecular weight excluding hydrogens is 206 g/mol. The number of aromatic amines is 1. The van der Waals surface area contributed by atoms with E-state index in [1.165, 1.54) is 0 Å². The molecule has 0 aliphatic heterocycles. The number of rotatable bonds is 4. The highest BCUT2D eigenvalue weighted by Crippen LogP contribution is 2.21. The van der Waals surface area contributed by atoms with Crippen LogP contribution >= 0.6 is 0 Å². The lowest BCUT2D eigenvalue weighted by atomic mass is 10.1. The van der Waals surface area contributed by atoms with Gasteiger partial charge in [-0.05, 0) is 6.07 Å². The molecule has 2 aromatic rings. The normalized spacial score (nSPS) is 10.6. The molecule has 0 aliphatic rings. The van der Waals surface area contributed by atoms with E-state index in [4.69, 9.17) is 5.11 Å². The number of nitrogens with one attached hydrogen (secondary N) is 1. The third-order valence-electron chi connectivity index (χ3n) is 2.41. The number of aromatic nitrogens is 3. The van der Waals surface area contributed by atoms with E-state index >= 15 is 0 Å². The lowest BCUT2D eigenvalue weighted by Crippen LogP contribution is -1.98. The Morgan fingerprint density at radius 1 is 1.62 bits per heavy atom. The number of hydrogen-bond donors (Lipinski definition) is 2. The van der Waals surface area contributed by atoms with E-state index in [0.29, 0.717) is 6.42 Å². The Balaban J connectivity index is 2.22. The fourth-order valence-corrected chi connectivity index (χ4v) is 1.64. The van der Waals surface area contributed by atoms with Crippen molar-refractivity contribution in [1.29, 1.82) is 0 Å². The minimum Gasteiger partial charge on any atom is -0.481 e. The summed E-state index contributed by atoms with van der Waals surface area (Å²) < 4.78 is 1.94. The molecule has 2 aromatic heterocycles. The monoisotopic (exact) mass is 219 g/mol. The van der Waals surface area contributed by atoms with Gasteiger partial charge in [-0.2, -0.15) is 0 Å². The van der Waals surface area contributed by atoms with Gasteiger partial charge in [-0.15, -0.1) is 0 Å². The molecule has 0 amide bonds. The molecule has 0 aromatic carbocycles. The highest BCUT2D eigenvalue weighted by atomic mass is 16.4. The van der Waals surface area contributed by atoms with Gasteiger partial charge in [-0.3, -0.25) is 4.79 Å². The molecule has 5 heteroatoms. The molecule has 0 radical (unpaired) electrons.